The molecular weight excluding hydrogens is 454 g/mol. The summed E-state index contributed by atoms with van der Waals surface area (Å²) in [7, 11) is -2.08. The van der Waals surface area contributed by atoms with Crippen molar-refractivity contribution in [3.8, 4) is 5.75 Å². The summed E-state index contributed by atoms with van der Waals surface area (Å²) in [5, 5.41) is 9.77. The molecule has 1 rings (SSSR count). The van der Waals surface area contributed by atoms with Crippen molar-refractivity contribution in [2.75, 3.05) is 0 Å². The number of halogens is 1. The first-order valence-electron chi connectivity index (χ1n) is 9.25. The van der Waals surface area contributed by atoms with Gasteiger partial charge in [0.15, 0.2) is 0 Å². The summed E-state index contributed by atoms with van der Waals surface area (Å²) in [6.07, 6.45) is -0.528. The number of rotatable bonds is 6. The van der Waals surface area contributed by atoms with Crippen LogP contribution >= 0.6 is 15.9 Å². The van der Waals surface area contributed by atoms with Crippen LogP contribution in [-0.2, 0) is 4.79 Å². The standard InChI is InChI=1S/C20H30BrN3O4Si/c1-19(2,3)24(18(26)27)17(15(25)12-23-22)13-9-10-16(14(21)11-13)28-29(7,8)20(4,5)6/h9-12,17H,1-8H3,(H,26,27). The molecule has 0 aromatic heterocycles. The van der Waals surface area contributed by atoms with Crippen molar-refractivity contribution in [3.05, 3.63) is 33.8 Å². The zero-order valence-electron chi connectivity index (χ0n) is 18.3. The summed E-state index contributed by atoms with van der Waals surface area (Å²) in [4.78, 5) is 28.4. The minimum atomic E-state index is -2.08. The van der Waals surface area contributed by atoms with E-state index in [1.54, 1.807) is 39.0 Å². The minimum absolute atomic E-state index is 0.00748. The quantitative estimate of drug-likeness (QED) is 0.248. The lowest BCUT2D eigenvalue weighted by molar-refractivity contribution is -0.122. The Hall–Kier alpha value is -1.96. The first-order valence-corrected chi connectivity index (χ1v) is 12.9. The highest BCUT2D eigenvalue weighted by Gasteiger charge is 2.41. The zero-order chi connectivity index (χ0) is 22.8. The Morgan fingerprint density at radius 3 is 2.17 bits per heavy atom. The van der Waals surface area contributed by atoms with Gasteiger partial charge in [0.1, 0.15) is 11.8 Å². The van der Waals surface area contributed by atoms with E-state index in [4.69, 9.17) is 9.96 Å². The largest absolute Gasteiger partial charge is 0.543 e. The van der Waals surface area contributed by atoms with Gasteiger partial charge < -0.3 is 15.1 Å². The average molecular weight is 484 g/mol. The van der Waals surface area contributed by atoms with Gasteiger partial charge in [-0.25, -0.2) is 4.79 Å². The Labute approximate surface area is 181 Å². The first kappa shape index (κ1) is 25.1. The Bertz CT molecular complexity index is 837. The monoisotopic (exact) mass is 483 g/mol. The highest BCUT2D eigenvalue weighted by Crippen LogP contribution is 2.40. The molecule has 0 bridgehead atoms. The van der Waals surface area contributed by atoms with Gasteiger partial charge in [0.25, 0.3) is 14.1 Å². The Morgan fingerprint density at radius 1 is 1.24 bits per heavy atom. The van der Waals surface area contributed by atoms with Crippen LogP contribution in [-0.4, -0.2) is 46.7 Å². The van der Waals surface area contributed by atoms with Gasteiger partial charge in [-0.1, -0.05) is 26.8 Å². The van der Waals surface area contributed by atoms with Gasteiger partial charge in [0, 0.05) is 5.54 Å². The van der Waals surface area contributed by atoms with Crippen LogP contribution in [0, 0.1) is 0 Å². The van der Waals surface area contributed by atoms with Crippen LogP contribution in [0.1, 0.15) is 53.1 Å². The minimum Gasteiger partial charge on any atom is -0.543 e. The molecule has 1 amide bonds. The van der Waals surface area contributed by atoms with E-state index in [2.05, 4.69) is 54.6 Å². The second-order valence-corrected chi connectivity index (χ2v) is 15.0. The molecule has 0 aliphatic carbocycles. The smallest absolute Gasteiger partial charge is 0.408 e. The molecule has 1 aromatic carbocycles. The predicted octanol–water partition coefficient (Wildman–Crippen LogP) is 5.52. The number of Topliss-reactive ketones (excluding diaryl/α,β-unsaturated/α-hetero) is 1. The van der Waals surface area contributed by atoms with E-state index >= 15 is 0 Å². The number of nitrogens with zero attached hydrogens (tertiary/aromatic N) is 3. The van der Waals surface area contributed by atoms with Crippen molar-refractivity contribution in [3.63, 3.8) is 0 Å². The Morgan fingerprint density at radius 2 is 1.79 bits per heavy atom. The second-order valence-electron chi connectivity index (χ2n) is 9.43. The molecule has 0 aliphatic heterocycles. The van der Waals surface area contributed by atoms with E-state index in [0.29, 0.717) is 15.8 Å². The number of carbonyl (C=O) groups excluding carboxylic acids is 1. The zero-order valence-corrected chi connectivity index (χ0v) is 20.9. The third-order valence-electron chi connectivity index (χ3n) is 5.08. The van der Waals surface area contributed by atoms with Crippen LogP contribution < -0.4 is 4.43 Å². The number of carbonyl (C=O) groups is 2. The van der Waals surface area contributed by atoms with E-state index in [-0.39, 0.29) is 5.04 Å². The summed E-state index contributed by atoms with van der Waals surface area (Å²) in [5.41, 5.74) is 8.40. The van der Waals surface area contributed by atoms with Crippen LogP contribution in [0.4, 0.5) is 4.79 Å². The van der Waals surface area contributed by atoms with Gasteiger partial charge in [-0.05, 0) is 72.5 Å². The van der Waals surface area contributed by atoms with E-state index in [1.807, 2.05) is 0 Å². The SMILES string of the molecule is CC(C)(C)N(C(=O)O)C(C(=O)C=[N+]=[N-])c1ccc(O[Si](C)(C)C(C)(C)C)c(Br)c1. The summed E-state index contributed by atoms with van der Waals surface area (Å²) in [6.45, 7) is 15.8. The highest BCUT2D eigenvalue weighted by atomic mass is 79.9. The molecule has 0 saturated heterocycles. The van der Waals surface area contributed by atoms with Gasteiger partial charge in [-0.3, -0.25) is 9.69 Å². The normalized spacial score (nSPS) is 13.3. The van der Waals surface area contributed by atoms with Gasteiger partial charge in [0.2, 0.25) is 0 Å². The van der Waals surface area contributed by atoms with Crippen LogP contribution in [0.25, 0.3) is 5.53 Å². The molecule has 0 aliphatic rings. The molecule has 1 unspecified atom stereocenters. The molecule has 0 radical (unpaired) electrons. The topological polar surface area (TPSA) is 103 Å². The van der Waals surface area contributed by atoms with Gasteiger partial charge in [-0.15, -0.1) is 0 Å². The molecule has 1 atom stereocenters. The summed E-state index contributed by atoms with van der Waals surface area (Å²) < 4.78 is 6.95. The lowest BCUT2D eigenvalue weighted by Crippen LogP contribution is -2.49. The molecule has 0 spiro atoms. The number of hydrogen-bond donors (Lipinski definition) is 1. The van der Waals surface area contributed by atoms with Gasteiger partial charge >= 0.3 is 12.3 Å². The van der Waals surface area contributed by atoms with E-state index in [0.717, 1.165) is 11.1 Å². The molecule has 0 fully saturated rings. The maximum Gasteiger partial charge on any atom is 0.408 e. The number of benzene rings is 1. The van der Waals surface area contributed by atoms with Crippen molar-refractivity contribution < 1.29 is 23.9 Å². The number of amides is 1. The van der Waals surface area contributed by atoms with E-state index < -0.39 is 31.8 Å². The van der Waals surface area contributed by atoms with Crippen molar-refractivity contribution in [2.24, 2.45) is 0 Å². The molecule has 1 N–H and O–H groups in total. The Balaban J connectivity index is 3.49. The average Bonchev–Trinajstić information content (AvgIpc) is 2.51. The van der Waals surface area contributed by atoms with Gasteiger partial charge in [-0.2, -0.15) is 4.79 Å². The summed E-state index contributed by atoms with van der Waals surface area (Å²) in [5.74, 6) is -0.00482. The molecular formula is C20H30BrN3O4Si. The van der Waals surface area contributed by atoms with E-state index in [9.17, 15) is 14.7 Å². The van der Waals surface area contributed by atoms with Gasteiger partial charge in [0.05, 0.1) is 4.47 Å². The maximum atomic E-state index is 12.6. The fourth-order valence-corrected chi connectivity index (χ4v) is 4.21. The Kier molecular flexibility index (Phi) is 7.62. The third kappa shape index (κ3) is 6.01. The van der Waals surface area contributed by atoms with Crippen LogP contribution in [0.5, 0.6) is 5.75 Å². The number of hydrogen-bond acceptors (Lipinski definition) is 3. The highest BCUT2D eigenvalue weighted by molar-refractivity contribution is 9.10. The van der Waals surface area contributed by atoms with Crippen molar-refractivity contribution in [1.82, 2.24) is 4.90 Å². The fourth-order valence-electron chi connectivity index (χ4n) is 2.55. The molecule has 7 nitrogen and oxygen atoms in total. The molecule has 1 aromatic rings. The van der Waals surface area contributed by atoms with Crippen LogP contribution in [0.2, 0.25) is 18.1 Å². The lowest BCUT2D eigenvalue weighted by atomic mass is 9.95. The summed E-state index contributed by atoms with van der Waals surface area (Å²) >= 11 is 3.50. The fraction of sp³-hybridized carbons (Fsp3) is 0.550. The van der Waals surface area contributed by atoms with Crippen LogP contribution in [0.15, 0.2) is 22.7 Å². The summed E-state index contributed by atoms with van der Waals surface area (Å²) in [6, 6.07) is 3.92. The predicted molar refractivity (Wildman–Crippen MR) is 119 cm³/mol. The number of ketones is 1. The van der Waals surface area contributed by atoms with Crippen molar-refractivity contribution in [2.45, 2.75) is 71.3 Å². The molecule has 9 heteroatoms. The second kappa shape index (κ2) is 8.81. The lowest BCUT2D eigenvalue weighted by Gasteiger charge is -2.38. The maximum absolute atomic E-state index is 12.6. The number of carboxylic acid groups (broad SMARTS) is 1. The van der Waals surface area contributed by atoms with Crippen LogP contribution in [0.3, 0.4) is 0 Å². The molecule has 0 heterocycles. The third-order valence-corrected chi connectivity index (χ3v) is 10.0. The van der Waals surface area contributed by atoms with Crippen molar-refractivity contribution in [1.29, 1.82) is 0 Å². The molecule has 0 saturated carbocycles. The van der Waals surface area contributed by atoms with Crippen molar-refractivity contribution >= 4 is 42.3 Å². The van der Waals surface area contributed by atoms with E-state index in [1.165, 1.54) is 0 Å². The molecule has 160 valence electrons. The first-order chi connectivity index (χ1) is 13.0. The molecule has 29 heavy (non-hydrogen) atoms.